The van der Waals surface area contributed by atoms with Gasteiger partial charge in [-0.3, -0.25) is 10.0 Å². The molecular weight excluding hydrogens is 474 g/mol. The van der Waals surface area contributed by atoms with E-state index in [9.17, 15) is 4.79 Å². The molecule has 1 aliphatic rings. The molecule has 1 atom stereocenters. The van der Waals surface area contributed by atoms with Crippen molar-refractivity contribution >= 4 is 35.3 Å². The number of carbonyl (C=O) groups excluding carboxylic acids is 1. The van der Waals surface area contributed by atoms with Gasteiger partial charge in [0, 0.05) is 29.6 Å². The summed E-state index contributed by atoms with van der Waals surface area (Å²) in [6.45, 7) is 1.25. The Labute approximate surface area is 208 Å². The molecule has 7 nitrogen and oxygen atoms in total. The van der Waals surface area contributed by atoms with Gasteiger partial charge in [-0.25, -0.2) is 4.79 Å². The van der Waals surface area contributed by atoms with E-state index in [0.29, 0.717) is 41.1 Å². The van der Waals surface area contributed by atoms with Crippen LogP contribution in [0.15, 0.2) is 72.8 Å². The van der Waals surface area contributed by atoms with Crippen LogP contribution in [0.3, 0.4) is 0 Å². The van der Waals surface area contributed by atoms with Crippen molar-refractivity contribution in [2.75, 3.05) is 37.0 Å². The summed E-state index contributed by atoms with van der Waals surface area (Å²) >= 11 is 7.16. The van der Waals surface area contributed by atoms with Crippen LogP contribution in [0.1, 0.15) is 11.6 Å². The minimum absolute atomic E-state index is 0.0623. The molecule has 178 valence electrons. The summed E-state index contributed by atoms with van der Waals surface area (Å²) in [4.78, 5) is 17.0. The van der Waals surface area contributed by atoms with E-state index in [1.165, 1.54) is 11.9 Å². The third kappa shape index (κ3) is 5.77. The average molecular weight is 500 g/mol. The molecule has 9 heteroatoms. The molecule has 3 aromatic rings. The number of rotatable bonds is 10. The fraction of sp³-hybridized carbons (Fsp3) is 0.240. The molecule has 0 aromatic heterocycles. The highest BCUT2D eigenvalue weighted by Crippen LogP contribution is 2.37. The van der Waals surface area contributed by atoms with E-state index >= 15 is 0 Å². The molecule has 0 saturated carbocycles. The Kier molecular flexibility index (Phi) is 8.18. The number of hydrogen-bond acceptors (Lipinski definition) is 6. The summed E-state index contributed by atoms with van der Waals surface area (Å²) in [6.07, 6.45) is 0. The van der Waals surface area contributed by atoms with Crippen molar-refractivity contribution in [3.05, 3.63) is 83.4 Å². The number of aliphatic hydroxyl groups is 1. The second-order valence-corrected chi connectivity index (χ2v) is 8.86. The molecule has 4 rings (SSSR count). The van der Waals surface area contributed by atoms with Crippen molar-refractivity contribution in [3.8, 4) is 17.2 Å². The van der Waals surface area contributed by atoms with E-state index in [0.717, 1.165) is 11.3 Å². The zero-order valence-electron chi connectivity index (χ0n) is 18.5. The van der Waals surface area contributed by atoms with Gasteiger partial charge in [0.05, 0.1) is 12.6 Å². The number of hydrogen-bond donors (Lipinski definition) is 2. The SMILES string of the molecule is NSCCN1CC(c2cccc(OCCO)c2)N(c2ccc(Oc3ccc(Cl)cc3)cc2)C1=O. The highest BCUT2D eigenvalue weighted by Gasteiger charge is 2.39. The number of benzene rings is 3. The van der Waals surface area contributed by atoms with E-state index in [1.54, 1.807) is 29.2 Å². The summed E-state index contributed by atoms with van der Waals surface area (Å²) in [5, 5.41) is 15.3. The van der Waals surface area contributed by atoms with Crippen LogP contribution in [0.5, 0.6) is 17.2 Å². The van der Waals surface area contributed by atoms with E-state index < -0.39 is 0 Å². The van der Waals surface area contributed by atoms with Crippen LogP contribution in [0.25, 0.3) is 0 Å². The molecule has 2 amide bonds. The van der Waals surface area contributed by atoms with Crippen molar-refractivity contribution in [1.82, 2.24) is 4.90 Å². The van der Waals surface area contributed by atoms with Gasteiger partial charge >= 0.3 is 6.03 Å². The summed E-state index contributed by atoms with van der Waals surface area (Å²) in [6, 6.07) is 21.9. The average Bonchev–Trinajstić information content (AvgIpc) is 3.19. The Bertz CT molecular complexity index is 1100. The first-order chi connectivity index (χ1) is 16.6. The second-order valence-electron chi connectivity index (χ2n) is 7.68. The van der Waals surface area contributed by atoms with Crippen LogP contribution in [0.2, 0.25) is 5.02 Å². The maximum absolute atomic E-state index is 13.4. The maximum atomic E-state index is 13.4. The van der Waals surface area contributed by atoms with Crippen LogP contribution in [0.4, 0.5) is 10.5 Å². The Balaban J connectivity index is 1.58. The Morgan fingerprint density at radius 2 is 1.74 bits per heavy atom. The monoisotopic (exact) mass is 499 g/mol. The van der Waals surface area contributed by atoms with Crippen LogP contribution < -0.4 is 19.5 Å². The molecule has 0 bridgehead atoms. The van der Waals surface area contributed by atoms with Crippen LogP contribution in [-0.4, -0.2) is 48.1 Å². The van der Waals surface area contributed by atoms with Crippen molar-refractivity contribution < 1.29 is 19.4 Å². The summed E-state index contributed by atoms with van der Waals surface area (Å²) in [5.41, 5.74) is 1.72. The lowest BCUT2D eigenvalue weighted by atomic mass is 10.1. The van der Waals surface area contributed by atoms with E-state index in [-0.39, 0.29) is 25.3 Å². The van der Waals surface area contributed by atoms with Crippen molar-refractivity contribution in [2.24, 2.45) is 5.14 Å². The van der Waals surface area contributed by atoms with E-state index in [4.69, 9.17) is 31.3 Å². The first-order valence-corrected chi connectivity index (χ1v) is 12.3. The van der Waals surface area contributed by atoms with E-state index in [2.05, 4.69) is 0 Å². The van der Waals surface area contributed by atoms with Gasteiger partial charge < -0.3 is 19.5 Å². The molecular formula is C25H26ClN3O4S. The van der Waals surface area contributed by atoms with Crippen LogP contribution >= 0.6 is 23.5 Å². The molecule has 0 radical (unpaired) electrons. The molecule has 1 heterocycles. The van der Waals surface area contributed by atoms with Crippen LogP contribution in [-0.2, 0) is 0 Å². The molecule has 0 spiro atoms. The number of anilines is 1. The fourth-order valence-electron chi connectivity index (χ4n) is 3.84. The number of urea groups is 1. The number of carbonyl (C=O) groups is 1. The fourth-order valence-corrected chi connectivity index (χ4v) is 4.29. The summed E-state index contributed by atoms with van der Waals surface area (Å²) in [7, 11) is 0. The molecule has 3 aromatic carbocycles. The molecule has 3 N–H and O–H groups in total. The first kappa shape index (κ1) is 24.2. The largest absolute Gasteiger partial charge is 0.491 e. The Morgan fingerprint density at radius 3 is 2.41 bits per heavy atom. The topological polar surface area (TPSA) is 88.3 Å². The highest BCUT2D eigenvalue weighted by molar-refractivity contribution is 7.97. The van der Waals surface area contributed by atoms with Crippen LogP contribution in [0, 0.1) is 0 Å². The van der Waals surface area contributed by atoms with Gasteiger partial charge in [-0.2, -0.15) is 0 Å². The maximum Gasteiger partial charge on any atom is 0.325 e. The van der Waals surface area contributed by atoms with Gasteiger partial charge in [0.1, 0.15) is 23.9 Å². The van der Waals surface area contributed by atoms with Gasteiger partial charge in [-0.1, -0.05) is 35.7 Å². The third-order valence-electron chi connectivity index (χ3n) is 5.43. The van der Waals surface area contributed by atoms with Gasteiger partial charge in [0.25, 0.3) is 0 Å². The highest BCUT2D eigenvalue weighted by atomic mass is 35.5. The van der Waals surface area contributed by atoms with Crippen molar-refractivity contribution in [2.45, 2.75) is 6.04 Å². The number of nitrogens with zero attached hydrogens (tertiary/aromatic N) is 2. The van der Waals surface area contributed by atoms with E-state index in [1.807, 2.05) is 53.4 Å². The molecule has 1 unspecified atom stereocenters. The lowest BCUT2D eigenvalue weighted by Crippen LogP contribution is -2.33. The predicted molar refractivity (Wildman–Crippen MR) is 136 cm³/mol. The number of ether oxygens (including phenoxy) is 2. The molecule has 1 saturated heterocycles. The van der Waals surface area contributed by atoms with Crippen molar-refractivity contribution in [1.29, 1.82) is 0 Å². The quantitative estimate of drug-likeness (QED) is 0.377. The van der Waals surface area contributed by atoms with Gasteiger partial charge in [0.2, 0.25) is 0 Å². The zero-order chi connectivity index (χ0) is 23.9. The first-order valence-electron chi connectivity index (χ1n) is 10.9. The number of aliphatic hydroxyl groups excluding tert-OH is 1. The van der Waals surface area contributed by atoms with Gasteiger partial charge in [-0.15, -0.1) is 0 Å². The number of halogens is 1. The second kappa shape index (κ2) is 11.5. The minimum atomic E-state index is -0.198. The minimum Gasteiger partial charge on any atom is -0.491 e. The van der Waals surface area contributed by atoms with Crippen molar-refractivity contribution in [3.63, 3.8) is 0 Å². The lowest BCUT2D eigenvalue weighted by Gasteiger charge is -2.24. The smallest absolute Gasteiger partial charge is 0.325 e. The molecule has 34 heavy (non-hydrogen) atoms. The Morgan fingerprint density at radius 1 is 1.03 bits per heavy atom. The zero-order valence-corrected chi connectivity index (χ0v) is 20.0. The Hall–Kier alpha value is -2.91. The molecule has 1 fully saturated rings. The number of nitrogens with two attached hydrogens (primary N) is 1. The predicted octanol–water partition coefficient (Wildman–Crippen LogP) is 5.09. The summed E-state index contributed by atoms with van der Waals surface area (Å²) < 4.78 is 11.5. The number of amides is 2. The lowest BCUT2D eigenvalue weighted by molar-refractivity contribution is 0.201. The normalized spacial score (nSPS) is 15.6. The third-order valence-corrected chi connectivity index (χ3v) is 6.10. The summed E-state index contributed by atoms with van der Waals surface area (Å²) in [5.74, 6) is 2.64. The van der Waals surface area contributed by atoms with Gasteiger partial charge in [-0.05, 0) is 66.2 Å². The molecule has 0 aliphatic carbocycles. The standard InChI is InChI=1S/C25H26ClN3O4S/c26-19-4-8-21(9-5-19)33-22-10-6-20(7-11-22)29-24(17-28(25(29)31)12-15-34-27)18-2-1-3-23(16-18)32-14-13-30/h1-11,16,24,30H,12-15,17,27H2. The molecule has 1 aliphatic heterocycles. The van der Waals surface area contributed by atoms with Gasteiger partial charge in [0.15, 0.2) is 0 Å².